The van der Waals surface area contributed by atoms with Crippen molar-refractivity contribution in [3.05, 3.63) is 42.0 Å². The van der Waals surface area contributed by atoms with Crippen LogP contribution in [0.5, 0.6) is 0 Å². The fraction of sp³-hybridized carbons (Fsp3) is 0.471. The van der Waals surface area contributed by atoms with Gasteiger partial charge in [-0.3, -0.25) is 4.79 Å². The third kappa shape index (κ3) is 4.89. The molecular formula is C17H24N4O2. The predicted octanol–water partition coefficient (Wildman–Crippen LogP) is 2.37. The van der Waals surface area contributed by atoms with E-state index in [4.69, 9.17) is 4.74 Å². The molecule has 23 heavy (non-hydrogen) atoms. The molecule has 1 atom stereocenters. The summed E-state index contributed by atoms with van der Waals surface area (Å²) in [5, 5.41) is 7.06. The summed E-state index contributed by atoms with van der Waals surface area (Å²) in [4.78, 5) is 16.2. The minimum atomic E-state index is -0.0983. The molecule has 6 nitrogen and oxygen atoms in total. The van der Waals surface area contributed by atoms with Crippen molar-refractivity contribution in [3.8, 4) is 5.69 Å². The highest BCUT2D eigenvalue weighted by Crippen LogP contribution is 2.14. The summed E-state index contributed by atoms with van der Waals surface area (Å²) in [5.74, 6) is 0.392. The number of hydrogen-bond donors (Lipinski definition) is 1. The minimum Gasteiger partial charge on any atom is -0.379 e. The van der Waals surface area contributed by atoms with E-state index in [2.05, 4.69) is 29.2 Å². The molecule has 0 aliphatic heterocycles. The number of nitrogens with one attached hydrogen (secondary N) is 1. The van der Waals surface area contributed by atoms with Gasteiger partial charge in [0.25, 0.3) is 5.91 Å². The van der Waals surface area contributed by atoms with Gasteiger partial charge in [0.1, 0.15) is 12.7 Å². The Labute approximate surface area is 136 Å². The van der Waals surface area contributed by atoms with E-state index in [0.29, 0.717) is 24.7 Å². The molecule has 0 saturated heterocycles. The number of aryl methyl sites for hydroxylation is 1. The molecule has 6 heteroatoms. The Bertz CT molecular complexity index is 638. The number of carbonyl (C=O) groups is 1. The molecule has 0 saturated carbocycles. The largest absolute Gasteiger partial charge is 0.379 e. The molecule has 2 aromatic rings. The molecule has 1 aromatic carbocycles. The van der Waals surface area contributed by atoms with E-state index >= 15 is 0 Å². The minimum absolute atomic E-state index is 0.0310. The normalized spacial score (nSPS) is 12.4. The van der Waals surface area contributed by atoms with Gasteiger partial charge in [0.05, 0.1) is 12.3 Å². The Kier molecular flexibility index (Phi) is 5.87. The Balaban J connectivity index is 1.96. The lowest BCUT2D eigenvalue weighted by atomic mass is 10.1. The molecule has 0 fully saturated rings. The van der Waals surface area contributed by atoms with Gasteiger partial charge >= 0.3 is 0 Å². The molecule has 1 heterocycles. The lowest BCUT2D eigenvalue weighted by Gasteiger charge is -2.16. The monoisotopic (exact) mass is 316 g/mol. The Hall–Kier alpha value is -2.21. The number of nitrogens with zero attached hydrogens (tertiary/aromatic N) is 3. The van der Waals surface area contributed by atoms with E-state index in [9.17, 15) is 4.79 Å². The van der Waals surface area contributed by atoms with Gasteiger partial charge in [-0.2, -0.15) is 5.10 Å². The van der Waals surface area contributed by atoms with Crippen LogP contribution in [0.4, 0.5) is 0 Å². The first-order valence-corrected chi connectivity index (χ1v) is 7.81. The van der Waals surface area contributed by atoms with Gasteiger partial charge in [-0.1, -0.05) is 13.8 Å². The van der Waals surface area contributed by atoms with E-state index in [1.54, 1.807) is 17.1 Å². The third-order valence-electron chi connectivity index (χ3n) is 3.32. The third-order valence-corrected chi connectivity index (χ3v) is 3.32. The first-order valence-electron chi connectivity index (χ1n) is 7.81. The second kappa shape index (κ2) is 7.87. The molecule has 0 radical (unpaired) electrons. The van der Waals surface area contributed by atoms with Crippen LogP contribution in [0.3, 0.4) is 0 Å². The number of hydrogen-bond acceptors (Lipinski definition) is 4. The fourth-order valence-corrected chi connectivity index (χ4v) is 2.22. The molecular weight excluding hydrogens is 292 g/mol. The molecule has 0 aliphatic carbocycles. The molecule has 1 N–H and O–H groups in total. The van der Waals surface area contributed by atoms with Crippen molar-refractivity contribution in [3.63, 3.8) is 0 Å². The molecule has 1 aromatic heterocycles. The summed E-state index contributed by atoms with van der Waals surface area (Å²) in [7, 11) is 0. The Morgan fingerprint density at radius 3 is 2.70 bits per heavy atom. The SMILES string of the molecule is Cc1cc(C(=O)N[C@H](C)COCC(C)C)ccc1-n1cncn1. The summed E-state index contributed by atoms with van der Waals surface area (Å²) in [6, 6.07) is 5.49. The van der Waals surface area contributed by atoms with E-state index in [-0.39, 0.29) is 11.9 Å². The van der Waals surface area contributed by atoms with Crippen LogP contribution >= 0.6 is 0 Å². The highest BCUT2D eigenvalue weighted by molar-refractivity contribution is 5.94. The van der Waals surface area contributed by atoms with Crippen LogP contribution in [0.1, 0.15) is 36.7 Å². The van der Waals surface area contributed by atoms with Crippen molar-refractivity contribution in [1.29, 1.82) is 0 Å². The van der Waals surface area contributed by atoms with Crippen LogP contribution in [0.2, 0.25) is 0 Å². The van der Waals surface area contributed by atoms with Gasteiger partial charge in [-0.05, 0) is 43.5 Å². The van der Waals surface area contributed by atoms with Crippen molar-refractivity contribution in [1.82, 2.24) is 20.1 Å². The number of carbonyl (C=O) groups excluding carboxylic acids is 1. The van der Waals surface area contributed by atoms with Gasteiger partial charge in [0, 0.05) is 18.2 Å². The second-order valence-corrected chi connectivity index (χ2v) is 6.15. The van der Waals surface area contributed by atoms with Gasteiger partial charge in [-0.25, -0.2) is 9.67 Å². The van der Waals surface area contributed by atoms with Crippen molar-refractivity contribution in [2.24, 2.45) is 5.92 Å². The van der Waals surface area contributed by atoms with Crippen LogP contribution in [0, 0.1) is 12.8 Å². The Morgan fingerprint density at radius 2 is 2.09 bits per heavy atom. The highest BCUT2D eigenvalue weighted by atomic mass is 16.5. The summed E-state index contributed by atoms with van der Waals surface area (Å²) in [6.45, 7) is 9.30. The molecule has 1 amide bonds. The fourth-order valence-electron chi connectivity index (χ4n) is 2.22. The summed E-state index contributed by atoms with van der Waals surface area (Å²) >= 11 is 0. The predicted molar refractivity (Wildman–Crippen MR) is 88.7 cm³/mol. The van der Waals surface area contributed by atoms with E-state index < -0.39 is 0 Å². The smallest absolute Gasteiger partial charge is 0.251 e. The number of rotatable bonds is 7. The first kappa shape index (κ1) is 17.1. The number of amides is 1. The standard InChI is InChI=1S/C17H24N4O2/c1-12(2)8-23-9-14(4)20-17(22)15-5-6-16(13(3)7-15)21-11-18-10-19-21/h5-7,10-12,14H,8-9H2,1-4H3,(H,20,22)/t14-/m1/s1. The van der Waals surface area contributed by atoms with Crippen LogP contribution in [-0.4, -0.2) is 39.9 Å². The topological polar surface area (TPSA) is 69.0 Å². The lowest BCUT2D eigenvalue weighted by Crippen LogP contribution is -2.36. The van der Waals surface area contributed by atoms with E-state index in [1.165, 1.54) is 6.33 Å². The maximum Gasteiger partial charge on any atom is 0.251 e. The average molecular weight is 316 g/mol. The molecule has 0 unspecified atom stereocenters. The van der Waals surface area contributed by atoms with E-state index in [1.807, 2.05) is 26.0 Å². The van der Waals surface area contributed by atoms with Gasteiger partial charge in [-0.15, -0.1) is 0 Å². The second-order valence-electron chi connectivity index (χ2n) is 6.15. The maximum atomic E-state index is 12.3. The van der Waals surface area contributed by atoms with Crippen molar-refractivity contribution < 1.29 is 9.53 Å². The van der Waals surface area contributed by atoms with Gasteiger partial charge < -0.3 is 10.1 Å². The maximum absolute atomic E-state index is 12.3. The Morgan fingerprint density at radius 1 is 1.30 bits per heavy atom. The zero-order valence-electron chi connectivity index (χ0n) is 14.1. The first-order chi connectivity index (χ1) is 11.0. The van der Waals surface area contributed by atoms with Gasteiger partial charge in [0.2, 0.25) is 0 Å². The lowest BCUT2D eigenvalue weighted by molar-refractivity contribution is 0.0791. The van der Waals surface area contributed by atoms with Crippen molar-refractivity contribution >= 4 is 5.91 Å². The average Bonchev–Trinajstić information content (AvgIpc) is 3.00. The zero-order chi connectivity index (χ0) is 16.8. The van der Waals surface area contributed by atoms with Crippen LogP contribution < -0.4 is 5.32 Å². The molecule has 0 aliphatic rings. The number of aromatic nitrogens is 3. The van der Waals surface area contributed by atoms with Crippen molar-refractivity contribution in [2.45, 2.75) is 33.7 Å². The zero-order valence-corrected chi connectivity index (χ0v) is 14.1. The van der Waals surface area contributed by atoms with Crippen LogP contribution in [-0.2, 0) is 4.74 Å². The summed E-state index contributed by atoms with van der Waals surface area (Å²) in [5.41, 5.74) is 2.50. The van der Waals surface area contributed by atoms with Crippen molar-refractivity contribution in [2.75, 3.05) is 13.2 Å². The quantitative estimate of drug-likeness (QED) is 0.851. The van der Waals surface area contributed by atoms with E-state index in [0.717, 1.165) is 11.3 Å². The summed E-state index contributed by atoms with van der Waals surface area (Å²) in [6.07, 6.45) is 3.12. The van der Waals surface area contributed by atoms with Crippen LogP contribution in [0.15, 0.2) is 30.9 Å². The molecule has 2 rings (SSSR count). The summed E-state index contributed by atoms with van der Waals surface area (Å²) < 4.78 is 7.23. The molecule has 0 bridgehead atoms. The number of ether oxygens (including phenoxy) is 1. The van der Waals surface area contributed by atoms with Crippen LogP contribution in [0.25, 0.3) is 5.69 Å². The van der Waals surface area contributed by atoms with Gasteiger partial charge in [0.15, 0.2) is 0 Å². The highest BCUT2D eigenvalue weighted by Gasteiger charge is 2.12. The molecule has 0 spiro atoms. The number of benzene rings is 1. The molecule has 124 valence electrons.